The summed E-state index contributed by atoms with van der Waals surface area (Å²) in [6.45, 7) is 9.99. The molecule has 3 aromatic rings. The lowest BCUT2D eigenvalue weighted by Crippen LogP contribution is -2.57. The second-order valence-corrected chi connectivity index (χ2v) is 15.8. The number of likely N-dealkylation sites (N-methyl/N-ethyl adjacent to an activating group) is 1. The summed E-state index contributed by atoms with van der Waals surface area (Å²) in [5.74, 6) is -3.31. The number of carbonyl (C=O) groups excluding carboxylic acids is 4. The third-order valence-corrected chi connectivity index (χ3v) is 12.2. The number of hydrogen-bond acceptors (Lipinski definition) is 7. The zero-order valence-electron chi connectivity index (χ0n) is 31.0. The van der Waals surface area contributed by atoms with Crippen LogP contribution < -0.4 is 4.90 Å². The molecule has 0 aromatic heterocycles. The third kappa shape index (κ3) is 7.38. The molecule has 3 aliphatic heterocycles. The number of aliphatic hydroxyl groups is 1. The molecule has 0 radical (unpaired) electrons. The van der Waals surface area contributed by atoms with Crippen molar-refractivity contribution in [1.29, 1.82) is 0 Å². The topological polar surface area (TPSA) is 117 Å². The van der Waals surface area contributed by atoms with E-state index in [1.54, 1.807) is 33.9 Å². The first-order chi connectivity index (χ1) is 26.1. The summed E-state index contributed by atoms with van der Waals surface area (Å²) in [6, 6.07) is 21.4. The van der Waals surface area contributed by atoms with Gasteiger partial charge in [0.2, 0.25) is 11.8 Å². The molecule has 1 unspecified atom stereocenters. The summed E-state index contributed by atoms with van der Waals surface area (Å²) in [5, 5.41) is 11.5. The number of benzene rings is 3. The molecule has 6 rings (SSSR count). The van der Waals surface area contributed by atoms with Gasteiger partial charge in [0.05, 0.1) is 24.0 Å². The number of likely N-dealkylation sites (tertiary alicyclic amines) is 1. The molecule has 10 nitrogen and oxygen atoms in total. The first-order valence-corrected chi connectivity index (χ1v) is 19.8. The van der Waals surface area contributed by atoms with E-state index in [1.165, 1.54) is 0 Å². The largest absolute Gasteiger partial charge is 0.455 e. The van der Waals surface area contributed by atoms with E-state index in [-0.39, 0.29) is 48.7 Å². The molecule has 8 atom stereocenters. The number of halogens is 1. The minimum Gasteiger partial charge on any atom is -0.455 e. The summed E-state index contributed by atoms with van der Waals surface area (Å²) < 4.78 is 13.2. The van der Waals surface area contributed by atoms with E-state index in [0.29, 0.717) is 43.4 Å². The van der Waals surface area contributed by atoms with Crippen LogP contribution in [-0.2, 0) is 28.7 Å². The molecule has 3 saturated heterocycles. The number of amides is 3. The Bertz CT molecular complexity index is 1870. The Labute approximate surface area is 325 Å². The molecule has 2 bridgehead atoms. The smallest absolute Gasteiger partial charge is 0.313 e. The molecule has 3 aromatic carbocycles. The van der Waals surface area contributed by atoms with Crippen LogP contribution >= 0.6 is 15.9 Å². The number of carbonyl (C=O) groups is 4. The van der Waals surface area contributed by atoms with Gasteiger partial charge in [-0.3, -0.25) is 19.2 Å². The fourth-order valence-corrected chi connectivity index (χ4v) is 9.50. The van der Waals surface area contributed by atoms with Gasteiger partial charge in [0.1, 0.15) is 17.7 Å². The van der Waals surface area contributed by atoms with Gasteiger partial charge in [0.25, 0.3) is 5.91 Å². The fraction of sp³-hybridized carbons (Fsp3) is 0.442. The van der Waals surface area contributed by atoms with Crippen LogP contribution in [0.4, 0.5) is 5.69 Å². The average Bonchev–Trinajstić information content (AvgIpc) is 3.78. The molecule has 3 amide bonds. The van der Waals surface area contributed by atoms with E-state index in [0.717, 1.165) is 10.8 Å². The van der Waals surface area contributed by atoms with Gasteiger partial charge in [-0.25, -0.2) is 0 Å². The van der Waals surface area contributed by atoms with E-state index < -0.39 is 47.7 Å². The zero-order chi connectivity index (χ0) is 38.6. The van der Waals surface area contributed by atoms with Crippen molar-refractivity contribution in [3.8, 4) is 0 Å². The minimum atomic E-state index is -1.30. The number of nitrogens with zero attached hydrogens (tertiary/aromatic N) is 3. The van der Waals surface area contributed by atoms with Crippen molar-refractivity contribution in [2.75, 3.05) is 31.6 Å². The number of ether oxygens (including phenoxy) is 2. The van der Waals surface area contributed by atoms with E-state index in [9.17, 15) is 19.5 Å². The Hall–Kier alpha value is -4.32. The number of alkyl halides is 1. The van der Waals surface area contributed by atoms with Crippen LogP contribution in [0.15, 0.2) is 98.1 Å². The van der Waals surface area contributed by atoms with E-state index >= 15 is 4.79 Å². The quantitative estimate of drug-likeness (QED) is 0.0731. The summed E-state index contributed by atoms with van der Waals surface area (Å²) in [5.41, 5.74) is 0.0778. The van der Waals surface area contributed by atoms with E-state index in [2.05, 4.69) is 29.1 Å². The van der Waals surface area contributed by atoms with Crippen molar-refractivity contribution in [1.82, 2.24) is 9.80 Å². The van der Waals surface area contributed by atoms with Gasteiger partial charge < -0.3 is 29.3 Å². The lowest BCUT2D eigenvalue weighted by atomic mass is 9.70. The molecule has 0 aliphatic carbocycles. The average molecular weight is 801 g/mol. The first-order valence-electron chi connectivity index (χ1n) is 18.8. The SMILES string of the molecule is C=CCCC(=O)N(C)[C@H](C)[C@H](OC(=O)[C@H]1[C@@H]2O[C@@]3(CC2Br)[C@@H]1C(=O)N(CCCCCO)[C@@H]3C(=O)N(CC=C)c1ccc2ccccc2c1)c1ccccc1. The Kier molecular flexibility index (Phi) is 12.4. The highest BCUT2D eigenvalue weighted by Crippen LogP contribution is 2.60. The summed E-state index contributed by atoms with van der Waals surface area (Å²) in [4.78, 5) is 62.1. The molecular weight excluding hydrogens is 750 g/mol. The van der Waals surface area contributed by atoms with Crippen molar-refractivity contribution in [2.45, 2.75) is 80.2 Å². The highest BCUT2D eigenvalue weighted by Gasteiger charge is 2.77. The Balaban J connectivity index is 1.36. The Morgan fingerprint density at radius 3 is 2.46 bits per heavy atom. The summed E-state index contributed by atoms with van der Waals surface area (Å²) in [6.07, 6.45) is 4.73. The number of hydrogen-bond donors (Lipinski definition) is 1. The lowest BCUT2D eigenvalue weighted by Gasteiger charge is -2.37. The van der Waals surface area contributed by atoms with Gasteiger partial charge in [0, 0.05) is 43.7 Å². The third-order valence-electron chi connectivity index (χ3n) is 11.4. The number of aliphatic hydroxyl groups excluding tert-OH is 1. The lowest BCUT2D eigenvalue weighted by molar-refractivity contribution is -0.164. The van der Waals surface area contributed by atoms with Crippen LogP contribution in [0.25, 0.3) is 10.8 Å². The fourth-order valence-electron chi connectivity index (χ4n) is 8.56. The van der Waals surface area contributed by atoms with Crippen LogP contribution in [0.2, 0.25) is 0 Å². The van der Waals surface area contributed by atoms with Crippen molar-refractivity contribution in [2.24, 2.45) is 11.8 Å². The van der Waals surface area contributed by atoms with Gasteiger partial charge in [-0.15, -0.1) is 13.2 Å². The van der Waals surface area contributed by atoms with Crippen molar-refractivity contribution < 1.29 is 33.8 Å². The Morgan fingerprint density at radius 1 is 1.04 bits per heavy atom. The maximum Gasteiger partial charge on any atom is 0.313 e. The number of allylic oxidation sites excluding steroid dienone is 1. The maximum absolute atomic E-state index is 15.1. The van der Waals surface area contributed by atoms with Crippen molar-refractivity contribution in [3.63, 3.8) is 0 Å². The number of esters is 1. The molecule has 286 valence electrons. The zero-order valence-corrected chi connectivity index (χ0v) is 32.6. The monoisotopic (exact) mass is 799 g/mol. The van der Waals surface area contributed by atoms with Crippen LogP contribution in [0.1, 0.15) is 57.1 Å². The van der Waals surface area contributed by atoms with Gasteiger partial charge in [-0.1, -0.05) is 88.7 Å². The standard InChI is InChI=1S/C43H50BrN3O7/c1-5-7-20-34(49)45(4)28(3)37(30-17-10-8-11-18-30)53-42(52)35-36-40(50)47(24-14-9-15-25-48)39(43(36)27-33(44)38(35)54-43)41(51)46(23-6-2)32-22-21-29-16-12-13-19-31(29)26-32/h5-6,8,10-13,16-19,21-22,26,28,33,35-39,48H,1-2,7,9,14-15,20,23-25,27H2,3-4H3/t28-,33?,35-,36+,37+,38-,39-,43+/m1/s1. The summed E-state index contributed by atoms with van der Waals surface area (Å²) in [7, 11) is 1.69. The number of anilines is 1. The maximum atomic E-state index is 15.1. The van der Waals surface area contributed by atoms with Crippen LogP contribution in [-0.4, -0.2) is 94.0 Å². The van der Waals surface area contributed by atoms with Crippen molar-refractivity contribution in [3.05, 3.63) is 104 Å². The van der Waals surface area contributed by atoms with Crippen LogP contribution in [0.3, 0.4) is 0 Å². The van der Waals surface area contributed by atoms with Gasteiger partial charge in [0.15, 0.2) is 0 Å². The number of unbranched alkanes of at least 4 members (excludes halogenated alkanes) is 2. The predicted molar refractivity (Wildman–Crippen MR) is 212 cm³/mol. The van der Waals surface area contributed by atoms with Crippen LogP contribution in [0.5, 0.6) is 0 Å². The molecule has 1 spiro atoms. The Morgan fingerprint density at radius 2 is 1.76 bits per heavy atom. The normalized spacial score (nSPS) is 25.2. The first kappa shape index (κ1) is 39.4. The molecule has 54 heavy (non-hydrogen) atoms. The molecule has 3 heterocycles. The molecule has 3 fully saturated rings. The van der Waals surface area contributed by atoms with Crippen molar-refractivity contribution >= 4 is 56.1 Å². The molecule has 3 aliphatic rings. The molecular formula is C43H50BrN3O7. The number of fused-ring (bicyclic) bond motifs is 2. The molecule has 11 heteroatoms. The highest BCUT2D eigenvalue weighted by molar-refractivity contribution is 9.09. The van der Waals surface area contributed by atoms with Gasteiger partial charge in [-0.2, -0.15) is 0 Å². The second kappa shape index (κ2) is 17.0. The minimum absolute atomic E-state index is 0.0258. The van der Waals surface area contributed by atoms with E-state index in [1.807, 2.05) is 79.7 Å². The second-order valence-electron chi connectivity index (χ2n) is 14.6. The molecule has 1 N–H and O–H groups in total. The highest BCUT2D eigenvalue weighted by atomic mass is 79.9. The number of rotatable bonds is 17. The van der Waals surface area contributed by atoms with Gasteiger partial charge in [-0.05, 0) is 67.5 Å². The summed E-state index contributed by atoms with van der Waals surface area (Å²) >= 11 is 3.78. The molecule has 0 saturated carbocycles. The van der Waals surface area contributed by atoms with E-state index in [4.69, 9.17) is 9.47 Å². The van der Waals surface area contributed by atoms with Gasteiger partial charge >= 0.3 is 5.97 Å². The van der Waals surface area contributed by atoms with Crippen LogP contribution in [0, 0.1) is 11.8 Å². The predicted octanol–water partition coefficient (Wildman–Crippen LogP) is 6.37.